The lowest BCUT2D eigenvalue weighted by Crippen LogP contribution is -2.22. The summed E-state index contributed by atoms with van der Waals surface area (Å²) >= 11 is 0. The number of rotatable bonds is 1. The summed E-state index contributed by atoms with van der Waals surface area (Å²) in [5, 5.41) is 18.1. The molecule has 13 heavy (non-hydrogen) atoms. The topological polar surface area (TPSA) is 66.8 Å². The lowest BCUT2D eigenvalue weighted by molar-refractivity contribution is -0.150. The zero-order valence-electron chi connectivity index (χ0n) is 7.61. The summed E-state index contributed by atoms with van der Waals surface area (Å²) in [7, 11) is 0. The van der Waals surface area contributed by atoms with Crippen molar-refractivity contribution in [2.24, 2.45) is 5.92 Å². The third kappa shape index (κ3) is 3.74. The Bertz CT molecular complexity index is 169. The third-order valence-corrected chi connectivity index (χ3v) is 2.34. The molecule has 0 amide bonds. The Labute approximate surface area is 77.5 Å². The van der Waals surface area contributed by atoms with Crippen LogP contribution in [0.1, 0.15) is 32.1 Å². The Morgan fingerprint density at radius 1 is 1.31 bits per heavy atom. The second kappa shape index (κ2) is 5.19. The van der Waals surface area contributed by atoms with E-state index in [9.17, 15) is 9.90 Å². The average Bonchev–Trinajstić information content (AvgIpc) is 2.16. The molecule has 1 aliphatic heterocycles. The van der Waals surface area contributed by atoms with Crippen LogP contribution in [-0.4, -0.2) is 29.1 Å². The van der Waals surface area contributed by atoms with Gasteiger partial charge in [0.2, 0.25) is 0 Å². The fraction of sp³-hybridized carbons (Fsp3) is 0.889. The first kappa shape index (κ1) is 10.5. The Morgan fingerprint density at radius 2 is 2.08 bits per heavy atom. The van der Waals surface area contributed by atoms with Gasteiger partial charge in [0.05, 0.1) is 5.92 Å². The summed E-state index contributed by atoms with van der Waals surface area (Å²) in [5.41, 5.74) is 0. The van der Waals surface area contributed by atoms with Crippen LogP contribution in [-0.2, 0) is 9.53 Å². The standard InChI is InChI=1S/C9H16O4/c10-8-6-7(9(11)12)4-2-1-3-5-13-8/h7-8,10H,1-6H2,(H,11,12). The maximum Gasteiger partial charge on any atom is 0.306 e. The molecule has 4 nitrogen and oxygen atoms in total. The molecule has 76 valence electrons. The van der Waals surface area contributed by atoms with Crippen molar-refractivity contribution in [1.82, 2.24) is 0 Å². The first-order valence-corrected chi connectivity index (χ1v) is 4.72. The number of carbonyl (C=O) groups is 1. The van der Waals surface area contributed by atoms with Crippen LogP contribution in [0.5, 0.6) is 0 Å². The highest BCUT2D eigenvalue weighted by Gasteiger charge is 2.22. The zero-order valence-corrected chi connectivity index (χ0v) is 7.61. The van der Waals surface area contributed by atoms with Gasteiger partial charge in [-0.05, 0) is 12.8 Å². The molecule has 0 saturated carbocycles. The van der Waals surface area contributed by atoms with Gasteiger partial charge in [0, 0.05) is 13.0 Å². The van der Waals surface area contributed by atoms with E-state index in [0.717, 1.165) is 19.3 Å². The minimum absolute atomic E-state index is 0.218. The van der Waals surface area contributed by atoms with Gasteiger partial charge in [0.15, 0.2) is 6.29 Å². The van der Waals surface area contributed by atoms with Crippen LogP contribution >= 0.6 is 0 Å². The van der Waals surface area contributed by atoms with Gasteiger partial charge in [-0.1, -0.05) is 12.8 Å². The molecule has 0 bridgehead atoms. The summed E-state index contributed by atoms with van der Waals surface area (Å²) in [6.07, 6.45) is 2.76. The molecule has 0 aromatic carbocycles. The van der Waals surface area contributed by atoms with Gasteiger partial charge in [-0.3, -0.25) is 4.79 Å². The molecule has 1 fully saturated rings. The quantitative estimate of drug-likeness (QED) is 0.644. The van der Waals surface area contributed by atoms with Crippen molar-refractivity contribution in [2.75, 3.05) is 6.61 Å². The number of ether oxygens (including phenoxy) is 1. The highest BCUT2D eigenvalue weighted by Crippen LogP contribution is 2.19. The van der Waals surface area contributed by atoms with Gasteiger partial charge in [-0.25, -0.2) is 0 Å². The van der Waals surface area contributed by atoms with Crippen LogP contribution in [0.3, 0.4) is 0 Å². The highest BCUT2D eigenvalue weighted by molar-refractivity contribution is 5.69. The van der Waals surface area contributed by atoms with Gasteiger partial charge in [0.25, 0.3) is 0 Å². The fourth-order valence-corrected chi connectivity index (χ4v) is 1.54. The van der Waals surface area contributed by atoms with E-state index in [-0.39, 0.29) is 6.42 Å². The summed E-state index contributed by atoms with van der Waals surface area (Å²) in [6, 6.07) is 0. The van der Waals surface area contributed by atoms with Crippen LogP contribution < -0.4 is 0 Å². The van der Waals surface area contributed by atoms with E-state index in [1.807, 2.05) is 0 Å². The molecule has 1 aliphatic rings. The van der Waals surface area contributed by atoms with Crippen LogP contribution in [0, 0.1) is 5.92 Å². The number of hydrogen-bond acceptors (Lipinski definition) is 3. The molecule has 0 aromatic heterocycles. The first-order valence-electron chi connectivity index (χ1n) is 4.72. The van der Waals surface area contributed by atoms with E-state index in [2.05, 4.69) is 0 Å². The van der Waals surface area contributed by atoms with Crippen molar-refractivity contribution in [3.8, 4) is 0 Å². The largest absolute Gasteiger partial charge is 0.481 e. The van der Waals surface area contributed by atoms with E-state index < -0.39 is 18.2 Å². The molecule has 0 aromatic rings. The molecule has 1 rings (SSSR count). The maximum atomic E-state index is 10.7. The lowest BCUT2D eigenvalue weighted by Gasteiger charge is -2.14. The van der Waals surface area contributed by atoms with E-state index in [1.165, 1.54) is 0 Å². The van der Waals surface area contributed by atoms with Crippen molar-refractivity contribution >= 4 is 5.97 Å². The minimum atomic E-state index is -0.904. The smallest absolute Gasteiger partial charge is 0.306 e. The molecule has 0 radical (unpaired) electrons. The molecule has 2 atom stereocenters. The lowest BCUT2D eigenvalue weighted by atomic mass is 9.98. The predicted octanol–water partition coefficient (Wildman–Crippen LogP) is 0.986. The molecule has 0 spiro atoms. The molecule has 2 unspecified atom stereocenters. The molecule has 1 heterocycles. The van der Waals surface area contributed by atoms with Crippen LogP contribution in [0.15, 0.2) is 0 Å². The second-order valence-electron chi connectivity index (χ2n) is 3.45. The van der Waals surface area contributed by atoms with E-state index in [0.29, 0.717) is 13.0 Å². The Morgan fingerprint density at radius 3 is 2.77 bits per heavy atom. The Kier molecular flexibility index (Phi) is 4.18. The average molecular weight is 188 g/mol. The fourth-order valence-electron chi connectivity index (χ4n) is 1.54. The van der Waals surface area contributed by atoms with E-state index >= 15 is 0 Å². The maximum absolute atomic E-state index is 10.7. The molecule has 0 aliphatic carbocycles. The second-order valence-corrected chi connectivity index (χ2v) is 3.45. The molecule has 1 saturated heterocycles. The third-order valence-electron chi connectivity index (χ3n) is 2.34. The Balaban J connectivity index is 2.46. The molecular weight excluding hydrogens is 172 g/mol. The summed E-state index contributed by atoms with van der Waals surface area (Å²) in [4.78, 5) is 10.7. The van der Waals surface area contributed by atoms with Crippen molar-refractivity contribution in [3.63, 3.8) is 0 Å². The zero-order chi connectivity index (χ0) is 9.68. The van der Waals surface area contributed by atoms with Crippen LogP contribution in [0.2, 0.25) is 0 Å². The van der Waals surface area contributed by atoms with Crippen molar-refractivity contribution in [3.05, 3.63) is 0 Å². The van der Waals surface area contributed by atoms with E-state index in [4.69, 9.17) is 9.84 Å². The number of aliphatic hydroxyl groups is 1. The SMILES string of the molecule is O=C(O)C1CCCCCOC(O)C1. The summed E-state index contributed by atoms with van der Waals surface area (Å²) in [6.45, 7) is 0.535. The van der Waals surface area contributed by atoms with Crippen LogP contribution in [0.25, 0.3) is 0 Å². The van der Waals surface area contributed by atoms with Gasteiger partial charge < -0.3 is 14.9 Å². The number of carboxylic acid groups (broad SMARTS) is 1. The number of aliphatic hydroxyl groups excluding tert-OH is 1. The summed E-state index contributed by atoms with van der Waals surface area (Å²) in [5.74, 6) is -1.28. The normalized spacial score (nSPS) is 31.5. The van der Waals surface area contributed by atoms with Crippen molar-refractivity contribution in [2.45, 2.75) is 38.4 Å². The number of aliphatic carboxylic acids is 1. The molecular formula is C9H16O4. The van der Waals surface area contributed by atoms with Crippen molar-refractivity contribution < 1.29 is 19.7 Å². The van der Waals surface area contributed by atoms with Gasteiger partial charge >= 0.3 is 5.97 Å². The van der Waals surface area contributed by atoms with Gasteiger partial charge in [-0.15, -0.1) is 0 Å². The predicted molar refractivity (Wildman–Crippen MR) is 46.2 cm³/mol. The number of carboxylic acids is 1. The van der Waals surface area contributed by atoms with Crippen molar-refractivity contribution in [1.29, 1.82) is 0 Å². The van der Waals surface area contributed by atoms with Gasteiger partial charge in [0.1, 0.15) is 0 Å². The van der Waals surface area contributed by atoms with Gasteiger partial charge in [-0.2, -0.15) is 0 Å². The first-order chi connectivity index (χ1) is 6.20. The minimum Gasteiger partial charge on any atom is -0.481 e. The molecule has 2 N–H and O–H groups in total. The van der Waals surface area contributed by atoms with Crippen LogP contribution in [0.4, 0.5) is 0 Å². The Hall–Kier alpha value is -0.610. The molecule has 4 heteroatoms. The number of hydrogen-bond donors (Lipinski definition) is 2. The monoisotopic (exact) mass is 188 g/mol. The summed E-state index contributed by atoms with van der Waals surface area (Å²) < 4.78 is 5.04. The highest BCUT2D eigenvalue weighted by atomic mass is 16.6. The van der Waals surface area contributed by atoms with E-state index in [1.54, 1.807) is 0 Å².